The number of halogens is 1. The van der Waals surface area contributed by atoms with Crippen molar-refractivity contribution in [1.82, 2.24) is 14.7 Å². The Balaban J connectivity index is 1.63. The number of rotatable bonds is 6. The zero-order valence-corrected chi connectivity index (χ0v) is 16.5. The van der Waals surface area contributed by atoms with Crippen LogP contribution in [0, 0.1) is 11.8 Å². The van der Waals surface area contributed by atoms with Gasteiger partial charge in [0.05, 0.1) is 23.9 Å². The van der Waals surface area contributed by atoms with Crippen molar-refractivity contribution in [2.45, 2.75) is 13.6 Å². The molecule has 0 radical (unpaired) electrons. The number of aryl methyl sites for hydroxylation is 1. The zero-order valence-electron chi connectivity index (χ0n) is 15.0. The van der Waals surface area contributed by atoms with Gasteiger partial charge in [-0.1, -0.05) is 41.4 Å². The summed E-state index contributed by atoms with van der Waals surface area (Å²) in [5, 5.41) is 7.69. The molecule has 27 heavy (non-hydrogen) atoms. The number of hydrogen-bond acceptors (Lipinski definition) is 5. The number of amides is 1. The lowest BCUT2D eigenvalue weighted by molar-refractivity contribution is -0.117. The number of carbonyl (C=O) groups excluding carboxylic acids is 1. The molecule has 0 unspecified atom stereocenters. The van der Waals surface area contributed by atoms with Crippen molar-refractivity contribution in [1.29, 1.82) is 0 Å². The second kappa shape index (κ2) is 8.47. The van der Waals surface area contributed by atoms with Crippen LogP contribution < -0.4 is 5.32 Å². The molecule has 1 heterocycles. The molecule has 0 saturated carbocycles. The smallest absolute Gasteiger partial charge is 0.288 e. The summed E-state index contributed by atoms with van der Waals surface area (Å²) in [7, 11) is 1.80. The van der Waals surface area contributed by atoms with Gasteiger partial charge in [0.2, 0.25) is 11.8 Å². The van der Waals surface area contributed by atoms with Gasteiger partial charge >= 0.3 is 0 Å². The molecule has 8 heteroatoms. The van der Waals surface area contributed by atoms with E-state index in [0.717, 1.165) is 11.1 Å². The zero-order chi connectivity index (χ0) is 19.4. The lowest BCUT2D eigenvalue weighted by Gasteiger charge is -2.15. The minimum atomic E-state index is -0.181. The third-order valence-electron chi connectivity index (χ3n) is 3.84. The number of para-hydroxylation sites is 1. The summed E-state index contributed by atoms with van der Waals surface area (Å²) in [5.74, 6) is 0.272. The third kappa shape index (κ3) is 5.03. The standard InChI is InChI=1S/C19H19ClN4O2S/c1-13-7-9-14(10-8-13)18-22-24(19(27)26-18)12-23(2)11-17(25)21-16-6-4-3-5-15(16)20/h3-10H,11-12H2,1-2H3,(H,21,25). The van der Waals surface area contributed by atoms with Gasteiger partial charge in [0.15, 0.2) is 0 Å². The van der Waals surface area contributed by atoms with E-state index in [9.17, 15) is 4.79 Å². The summed E-state index contributed by atoms with van der Waals surface area (Å²) >= 11 is 11.3. The first-order valence-corrected chi connectivity index (χ1v) is 9.09. The van der Waals surface area contributed by atoms with Crippen LogP contribution in [0.5, 0.6) is 0 Å². The van der Waals surface area contributed by atoms with Crippen molar-refractivity contribution in [3.8, 4) is 11.5 Å². The predicted molar refractivity (Wildman–Crippen MR) is 108 cm³/mol. The van der Waals surface area contributed by atoms with Crippen LogP contribution in [0.4, 0.5) is 5.69 Å². The molecule has 1 aromatic heterocycles. The van der Waals surface area contributed by atoms with Gasteiger partial charge in [-0.15, -0.1) is 5.10 Å². The predicted octanol–water partition coefficient (Wildman–Crippen LogP) is 4.36. The molecule has 6 nitrogen and oxygen atoms in total. The van der Waals surface area contributed by atoms with Crippen molar-refractivity contribution in [3.63, 3.8) is 0 Å². The van der Waals surface area contributed by atoms with E-state index in [1.165, 1.54) is 0 Å². The summed E-state index contributed by atoms with van der Waals surface area (Å²) in [6.45, 7) is 2.49. The van der Waals surface area contributed by atoms with Crippen LogP contribution in [0.1, 0.15) is 5.56 Å². The lowest BCUT2D eigenvalue weighted by atomic mass is 10.1. The first-order valence-electron chi connectivity index (χ1n) is 8.30. The number of hydrogen-bond donors (Lipinski definition) is 1. The molecule has 0 spiro atoms. The van der Waals surface area contributed by atoms with E-state index in [4.69, 9.17) is 28.2 Å². The number of anilines is 1. The maximum absolute atomic E-state index is 12.2. The maximum Gasteiger partial charge on any atom is 0.288 e. The minimum absolute atomic E-state index is 0.153. The van der Waals surface area contributed by atoms with E-state index in [2.05, 4.69) is 10.4 Å². The Morgan fingerprint density at radius 1 is 1.26 bits per heavy atom. The average molecular weight is 403 g/mol. The van der Waals surface area contributed by atoms with E-state index in [1.807, 2.05) is 43.3 Å². The fourth-order valence-corrected chi connectivity index (χ4v) is 2.85. The maximum atomic E-state index is 12.2. The van der Waals surface area contributed by atoms with Crippen molar-refractivity contribution in [2.75, 3.05) is 18.9 Å². The monoisotopic (exact) mass is 402 g/mol. The summed E-state index contributed by atoms with van der Waals surface area (Å²) in [4.78, 5) is 14.3. The van der Waals surface area contributed by atoms with Crippen LogP contribution in [0.15, 0.2) is 52.9 Å². The molecule has 0 aliphatic carbocycles. The summed E-state index contributed by atoms with van der Waals surface area (Å²) in [6, 6.07) is 14.9. The Kier molecular flexibility index (Phi) is 6.05. The van der Waals surface area contributed by atoms with E-state index in [0.29, 0.717) is 23.3 Å². The molecule has 3 rings (SSSR count). The number of nitrogens with zero attached hydrogens (tertiary/aromatic N) is 3. The second-order valence-corrected chi connectivity index (χ2v) is 6.98. The molecule has 3 aromatic rings. The fourth-order valence-electron chi connectivity index (χ4n) is 2.48. The first kappa shape index (κ1) is 19.3. The Bertz CT molecular complexity index is 997. The highest BCUT2D eigenvalue weighted by atomic mass is 35.5. The first-order chi connectivity index (χ1) is 12.9. The molecule has 0 bridgehead atoms. The van der Waals surface area contributed by atoms with Gasteiger partial charge < -0.3 is 9.73 Å². The van der Waals surface area contributed by atoms with E-state index < -0.39 is 0 Å². The second-order valence-electron chi connectivity index (χ2n) is 6.22. The molecule has 0 aliphatic heterocycles. The molecule has 140 valence electrons. The highest BCUT2D eigenvalue weighted by Gasteiger charge is 2.13. The number of aromatic nitrogens is 2. The summed E-state index contributed by atoms with van der Waals surface area (Å²) < 4.78 is 7.13. The molecule has 0 aliphatic rings. The van der Waals surface area contributed by atoms with Gasteiger partial charge in [0, 0.05) is 5.56 Å². The average Bonchev–Trinajstić information content (AvgIpc) is 2.98. The lowest BCUT2D eigenvalue weighted by Crippen LogP contribution is -2.32. The van der Waals surface area contributed by atoms with Gasteiger partial charge in [-0.3, -0.25) is 9.69 Å². The topological polar surface area (TPSA) is 63.3 Å². The molecular formula is C19H19ClN4O2S. The van der Waals surface area contributed by atoms with Gasteiger partial charge in [0.25, 0.3) is 4.84 Å². The number of nitrogens with one attached hydrogen (secondary N) is 1. The van der Waals surface area contributed by atoms with E-state index >= 15 is 0 Å². The number of likely N-dealkylation sites (N-methyl/N-ethyl adjacent to an activating group) is 1. The normalized spacial score (nSPS) is 11.0. The van der Waals surface area contributed by atoms with Crippen LogP contribution in [0.25, 0.3) is 11.5 Å². The molecule has 0 fully saturated rings. The van der Waals surface area contributed by atoms with Gasteiger partial charge in [-0.25, -0.2) is 4.68 Å². The molecule has 2 aromatic carbocycles. The third-order valence-corrected chi connectivity index (χ3v) is 4.47. The SMILES string of the molecule is Cc1ccc(-c2nn(CN(C)CC(=O)Nc3ccccc3Cl)c(=S)o2)cc1. The van der Waals surface area contributed by atoms with Crippen LogP contribution in [-0.2, 0) is 11.5 Å². The largest absolute Gasteiger partial charge is 0.409 e. The van der Waals surface area contributed by atoms with Crippen LogP contribution in [-0.4, -0.2) is 34.2 Å². The van der Waals surface area contributed by atoms with E-state index in [1.54, 1.807) is 28.8 Å². The Labute approximate surface area is 167 Å². The number of carbonyl (C=O) groups is 1. The van der Waals surface area contributed by atoms with Crippen LogP contribution in [0.3, 0.4) is 0 Å². The molecule has 1 N–H and O–H groups in total. The molecule has 0 saturated heterocycles. The quantitative estimate of drug-likeness (QED) is 0.620. The number of benzene rings is 2. The summed E-state index contributed by atoms with van der Waals surface area (Å²) in [5.41, 5.74) is 2.59. The van der Waals surface area contributed by atoms with Gasteiger partial charge in [0.1, 0.15) is 0 Å². The van der Waals surface area contributed by atoms with Gasteiger partial charge in [-0.2, -0.15) is 0 Å². The highest BCUT2D eigenvalue weighted by Crippen LogP contribution is 2.20. The van der Waals surface area contributed by atoms with E-state index in [-0.39, 0.29) is 17.3 Å². The molecule has 0 atom stereocenters. The van der Waals surface area contributed by atoms with Crippen molar-refractivity contribution < 1.29 is 9.21 Å². The van der Waals surface area contributed by atoms with Crippen LogP contribution in [0.2, 0.25) is 5.02 Å². The van der Waals surface area contributed by atoms with Crippen molar-refractivity contribution >= 4 is 35.4 Å². The Hall–Kier alpha value is -2.48. The minimum Gasteiger partial charge on any atom is -0.409 e. The van der Waals surface area contributed by atoms with Gasteiger partial charge in [-0.05, 0) is 50.5 Å². The summed E-state index contributed by atoms with van der Waals surface area (Å²) in [6.07, 6.45) is 0. The molecule has 1 amide bonds. The highest BCUT2D eigenvalue weighted by molar-refractivity contribution is 7.71. The Morgan fingerprint density at radius 2 is 1.96 bits per heavy atom. The Morgan fingerprint density at radius 3 is 2.67 bits per heavy atom. The van der Waals surface area contributed by atoms with Crippen molar-refractivity contribution in [2.24, 2.45) is 0 Å². The molecular weight excluding hydrogens is 384 g/mol. The van der Waals surface area contributed by atoms with Crippen molar-refractivity contribution in [3.05, 3.63) is 64.0 Å². The van der Waals surface area contributed by atoms with Crippen LogP contribution >= 0.6 is 23.8 Å². The fraction of sp³-hybridized carbons (Fsp3) is 0.211.